The van der Waals surface area contributed by atoms with E-state index in [9.17, 15) is 9.18 Å². The molecule has 0 aliphatic heterocycles. The van der Waals surface area contributed by atoms with E-state index >= 15 is 0 Å². The molecule has 0 unspecified atom stereocenters. The highest BCUT2D eigenvalue weighted by Crippen LogP contribution is 2.25. The molecule has 0 bridgehead atoms. The van der Waals surface area contributed by atoms with Crippen molar-refractivity contribution < 1.29 is 13.9 Å². The summed E-state index contributed by atoms with van der Waals surface area (Å²) in [6.07, 6.45) is 2.44. The van der Waals surface area contributed by atoms with Crippen LogP contribution >= 0.6 is 11.8 Å². The third-order valence-corrected chi connectivity index (χ3v) is 5.45. The van der Waals surface area contributed by atoms with Gasteiger partial charge in [0.25, 0.3) is 0 Å². The fourth-order valence-electron chi connectivity index (χ4n) is 3.10. The lowest BCUT2D eigenvalue weighted by Gasteiger charge is -2.09. The van der Waals surface area contributed by atoms with Gasteiger partial charge in [-0.3, -0.25) is 4.79 Å². The number of aromatic amines is 1. The number of halogens is 1. The number of para-hydroxylation sites is 2. The summed E-state index contributed by atoms with van der Waals surface area (Å²) in [5.41, 5.74) is 2.52. The van der Waals surface area contributed by atoms with Crippen LogP contribution in [0, 0.1) is 5.82 Å². The second-order valence-corrected chi connectivity index (χ2v) is 7.38. The normalized spacial score (nSPS) is 11.0. The number of benzene rings is 2. The predicted molar refractivity (Wildman–Crippen MR) is 111 cm³/mol. The van der Waals surface area contributed by atoms with Gasteiger partial charge in [-0.25, -0.2) is 4.39 Å². The third kappa shape index (κ3) is 4.28. The number of ether oxygens (including phenoxy) is 1. The molecule has 154 valence electrons. The van der Waals surface area contributed by atoms with Crippen molar-refractivity contribution in [3.63, 3.8) is 0 Å². The molecular formula is C20H19FN6O2S. The summed E-state index contributed by atoms with van der Waals surface area (Å²) in [6.45, 7) is 0.445. The van der Waals surface area contributed by atoms with Gasteiger partial charge in [0.1, 0.15) is 17.3 Å². The van der Waals surface area contributed by atoms with Gasteiger partial charge in [-0.15, -0.1) is 5.10 Å². The SMILES string of the molecule is COc1ccccc1-n1nnnc1SCC(=O)NCCc1c[nH]c2ccc(F)cc12. The van der Waals surface area contributed by atoms with Crippen LogP contribution in [0.15, 0.2) is 53.8 Å². The van der Waals surface area contributed by atoms with E-state index in [-0.39, 0.29) is 17.5 Å². The molecule has 4 rings (SSSR count). The lowest BCUT2D eigenvalue weighted by atomic mass is 10.1. The van der Waals surface area contributed by atoms with Crippen LogP contribution in [0.25, 0.3) is 16.6 Å². The number of methoxy groups -OCH3 is 1. The van der Waals surface area contributed by atoms with E-state index in [0.717, 1.165) is 16.5 Å². The Morgan fingerprint density at radius 2 is 2.17 bits per heavy atom. The Morgan fingerprint density at radius 3 is 3.03 bits per heavy atom. The van der Waals surface area contributed by atoms with Gasteiger partial charge < -0.3 is 15.0 Å². The summed E-state index contributed by atoms with van der Waals surface area (Å²) < 4.78 is 20.4. The molecule has 30 heavy (non-hydrogen) atoms. The molecular weight excluding hydrogens is 407 g/mol. The molecule has 0 saturated carbocycles. The quantitative estimate of drug-likeness (QED) is 0.421. The van der Waals surface area contributed by atoms with Gasteiger partial charge in [0.15, 0.2) is 0 Å². The first kappa shape index (κ1) is 19.9. The molecule has 0 radical (unpaired) electrons. The van der Waals surface area contributed by atoms with Crippen LogP contribution in [0.2, 0.25) is 0 Å². The summed E-state index contributed by atoms with van der Waals surface area (Å²) in [4.78, 5) is 15.4. The van der Waals surface area contributed by atoms with E-state index in [1.54, 1.807) is 13.2 Å². The first-order chi connectivity index (χ1) is 14.7. The maximum absolute atomic E-state index is 13.5. The van der Waals surface area contributed by atoms with Crippen molar-refractivity contribution in [3.8, 4) is 11.4 Å². The van der Waals surface area contributed by atoms with Gasteiger partial charge in [-0.05, 0) is 52.7 Å². The fourth-order valence-corrected chi connectivity index (χ4v) is 3.81. The van der Waals surface area contributed by atoms with Gasteiger partial charge in [0.2, 0.25) is 11.1 Å². The molecule has 0 atom stereocenters. The lowest BCUT2D eigenvalue weighted by molar-refractivity contribution is -0.118. The van der Waals surface area contributed by atoms with Crippen LogP contribution in [0.1, 0.15) is 5.56 Å². The number of H-pyrrole nitrogens is 1. The Labute approximate surface area is 175 Å². The smallest absolute Gasteiger partial charge is 0.230 e. The first-order valence-electron chi connectivity index (χ1n) is 9.22. The molecule has 10 heteroatoms. The van der Waals surface area contributed by atoms with Gasteiger partial charge >= 0.3 is 0 Å². The standard InChI is InChI=1S/C20H19FN6O2S/c1-29-18-5-3-2-4-17(18)27-20(24-25-26-27)30-12-19(28)22-9-8-13-11-23-16-7-6-14(21)10-15(13)16/h2-7,10-11,23H,8-9,12H2,1H3,(H,22,28). The van der Waals surface area contributed by atoms with E-state index in [1.807, 2.05) is 30.5 Å². The molecule has 2 heterocycles. The Morgan fingerprint density at radius 1 is 1.30 bits per heavy atom. The number of nitrogens with one attached hydrogen (secondary N) is 2. The summed E-state index contributed by atoms with van der Waals surface area (Å²) >= 11 is 1.23. The fraction of sp³-hybridized carbons (Fsp3) is 0.200. The average Bonchev–Trinajstić information content (AvgIpc) is 3.39. The number of hydrogen-bond acceptors (Lipinski definition) is 6. The number of nitrogens with zero attached hydrogens (tertiary/aromatic N) is 4. The molecule has 4 aromatic rings. The second kappa shape index (κ2) is 8.95. The number of carbonyl (C=O) groups is 1. The monoisotopic (exact) mass is 426 g/mol. The number of aromatic nitrogens is 5. The highest BCUT2D eigenvalue weighted by molar-refractivity contribution is 7.99. The molecule has 0 fully saturated rings. The summed E-state index contributed by atoms with van der Waals surface area (Å²) in [7, 11) is 1.57. The molecule has 0 aliphatic carbocycles. The molecule has 2 aromatic heterocycles. The molecule has 0 aliphatic rings. The number of hydrogen-bond donors (Lipinski definition) is 2. The summed E-state index contributed by atoms with van der Waals surface area (Å²) in [5.74, 6) is 0.376. The van der Waals surface area contributed by atoms with E-state index in [1.165, 1.54) is 28.6 Å². The molecule has 0 spiro atoms. The third-order valence-electron chi connectivity index (χ3n) is 4.53. The van der Waals surface area contributed by atoms with E-state index in [0.29, 0.717) is 29.6 Å². The van der Waals surface area contributed by atoms with Crippen LogP contribution in [0.3, 0.4) is 0 Å². The highest BCUT2D eigenvalue weighted by atomic mass is 32.2. The predicted octanol–water partition coefficient (Wildman–Crippen LogP) is 2.74. The Hall–Kier alpha value is -3.40. The molecule has 2 aromatic carbocycles. The van der Waals surface area contributed by atoms with Gasteiger partial charge in [-0.1, -0.05) is 23.9 Å². The number of rotatable bonds is 8. The zero-order valence-corrected chi connectivity index (χ0v) is 16.9. The highest BCUT2D eigenvalue weighted by Gasteiger charge is 2.14. The van der Waals surface area contributed by atoms with E-state index in [2.05, 4.69) is 25.8 Å². The number of carbonyl (C=O) groups excluding carboxylic acids is 1. The van der Waals surface area contributed by atoms with E-state index < -0.39 is 0 Å². The van der Waals surface area contributed by atoms with Crippen LogP contribution in [-0.2, 0) is 11.2 Å². The summed E-state index contributed by atoms with van der Waals surface area (Å²) in [5, 5.41) is 15.9. The Kier molecular flexibility index (Phi) is 5.94. The number of amides is 1. The van der Waals surface area contributed by atoms with Crippen LogP contribution in [0.4, 0.5) is 4.39 Å². The maximum Gasteiger partial charge on any atom is 0.230 e. The Balaban J connectivity index is 1.33. The first-order valence-corrected chi connectivity index (χ1v) is 10.2. The molecule has 8 nitrogen and oxygen atoms in total. The van der Waals surface area contributed by atoms with Crippen molar-refractivity contribution in [1.29, 1.82) is 0 Å². The maximum atomic E-state index is 13.5. The van der Waals surface area contributed by atoms with Crippen molar-refractivity contribution in [3.05, 3.63) is 60.0 Å². The van der Waals surface area contributed by atoms with Crippen LogP contribution in [0.5, 0.6) is 5.75 Å². The van der Waals surface area contributed by atoms with Crippen molar-refractivity contribution in [1.82, 2.24) is 30.5 Å². The number of fused-ring (bicyclic) bond motifs is 1. The zero-order chi connectivity index (χ0) is 20.9. The van der Waals surface area contributed by atoms with E-state index in [4.69, 9.17) is 4.74 Å². The van der Waals surface area contributed by atoms with Crippen molar-refractivity contribution in [2.75, 3.05) is 19.4 Å². The topological polar surface area (TPSA) is 97.7 Å². The zero-order valence-electron chi connectivity index (χ0n) is 16.1. The van der Waals surface area contributed by atoms with Crippen molar-refractivity contribution in [2.24, 2.45) is 0 Å². The average molecular weight is 426 g/mol. The minimum atomic E-state index is -0.281. The van der Waals surface area contributed by atoms with Crippen LogP contribution in [-0.4, -0.2) is 50.5 Å². The van der Waals surface area contributed by atoms with Crippen LogP contribution < -0.4 is 10.1 Å². The summed E-state index contributed by atoms with van der Waals surface area (Å²) in [6, 6.07) is 12.0. The Bertz CT molecular complexity index is 1180. The minimum Gasteiger partial charge on any atom is -0.494 e. The molecule has 1 amide bonds. The van der Waals surface area contributed by atoms with Crippen molar-refractivity contribution in [2.45, 2.75) is 11.6 Å². The van der Waals surface area contributed by atoms with Crippen molar-refractivity contribution >= 4 is 28.6 Å². The van der Waals surface area contributed by atoms with Gasteiger partial charge in [0.05, 0.1) is 12.9 Å². The van der Waals surface area contributed by atoms with Gasteiger partial charge in [0, 0.05) is 23.6 Å². The second-order valence-electron chi connectivity index (χ2n) is 6.44. The molecule has 0 saturated heterocycles. The lowest BCUT2D eigenvalue weighted by Crippen LogP contribution is -2.27. The number of tetrazole rings is 1. The largest absolute Gasteiger partial charge is 0.494 e. The van der Waals surface area contributed by atoms with Gasteiger partial charge in [-0.2, -0.15) is 4.68 Å². The minimum absolute atomic E-state index is 0.138. The molecule has 2 N–H and O–H groups in total. The number of thioether (sulfide) groups is 1.